The van der Waals surface area contributed by atoms with Gasteiger partial charge >= 0.3 is 0 Å². The topological polar surface area (TPSA) is 55.2 Å². The summed E-state index contributed by atoms with van der Waals surface area (Å²) in [5, 5.41) is 0.398. The lowest BCUT2D eigenvalue weighted by Gasteiger charge is -2.17. The largest absolute Gasteiger partial charge is 0.337 e. The molecular weight excluding hydrogens is 362 g/mol. The van der Waals surface area contributed by atoms with Gasteiger partial charge in [-0.15, -0.1) is 0 Å². The lowest BCUT2D eigenvalue weighted by molar-refractivity contribution is 0.0782. The van der Waals surface area contributed by atoms with E-state index in [1.165, 1.54) is 4.90 Å². The molecular formula is C21H20ClN3O2. The molecule has 1 aromatic carbocycles. The van der Waals surface area contributed by atoms with Crippen molar-refractivity contribution in [2.75, 3.05) is 7.05 Å². The number of carbonyl (C=O) groups is 1. The number of amides is 1. The van der Waals surface area contributed by atoms with E-state index in [-0.39, 0.29) is 17.0 Å². The van der Waals surface area contributed by atoms with Crippen LogP contribution in [-0.4, -0.2) is 27.4 Å². The van der Waals surface area contributed by atoms with Crippen LogP contribution in [0.5, 0.6) is 0 Å². The quantitative estimate of drug-likeness (QED) is 0.635. The van der Waals surface area contributed by atoms with E-state index in [1.54, 1.807) is 48.3 Å². The van der Waals surface area contributed by atoms with Crippen LogP contribution < -0.4 is 5.56 Å². The van der Waals surface area contributed by atoms with Crippen molar-refractivity contribution >= 4 is 17.5 Å². The maximum Gasteiger partial charge on any atom is 0.263 e. The Morgan fingerprint density at radius 1 is 1.15 bits per heavy atom. The second kappa shape index (κ2) is 8.18. The fraction of sp³-hybridized carbons (Fsp3) is 0.190. The molecule has 0 unspecified atom stereocenters. The zero-order chi connectivity index (χ0) is 19.4. The van der Waals surface area contributed by atoms with Crippen molar-refractivity contribution in [3.8, 4) is 0 Å². The lowest BCUT2D eigenvalue weighted by atomic mass is 10.1. The van der Waals surface area contributed by atoms with Crippen LogP contribution in [0.25, 0.3) is 0 Å². The average molecular weight is 382 g/mol. The summed E-state index contributed by atoms with van der Waals surface area (Å²) in [6.07, 6.45) is 3.32. The summed E-state index contributed by atoms with van der Waals surface area (Å²) in [6, 6.07) is 14.7. The van der Waals surface area contributed by atoms with Crippen LogP contribution >= 0.6 is 11.6 Å². The number of halogens is 1. The summed E-state index contributed by atoms with van der Waals surface area (Å²) < 4.78 is 1.56. The Morgan fingerprint density at radius 3 is 2.67 bits per heavy atom. The molecule has 3 aromatic rings. The molecule has 0 aliphatic carbocycles. The molecule has 0 saturated heterocycles. The Morgan fingerprint density at radius 2 is 1.96 bits per heavy atom. The summed E-state index contributed by atoms with van der Waals surface area (Å²) in [5.41, 5.74) is 2.83. The first-order valence-electron chi connectivity index (χ1n) is 8.55. The fourth-order valence-corrected chi connectivity index (χ4v) is 2.99. The number of pyridine rings is 2. The Kier molecular flexibility index (Phi) is 5.72. The summed E-state index contributed by atoms with van der Waals surface area (Å²) in [5.74, 6) is -0.325. The van der Waals surface area contributed by atoms with E-state index >= 15 is 0 Å². The Balaban J connectivity index is 1.80. The third-order valence-electron chi connectivity index (χ3n) is 4.24. The molecule has 0 spiro atoms. The number of carbonyl (C=O) groups excluding carboxylic acids is 1. The lowest BCUT2D eigenvalue weighted by Crippen LogP contribution is -2.34. The third-order valence-corrected chi connectivity index (χ3v) is 4.46. The molecule has 5 nitrogen and oxygen atoms in total. The molecule has 0 atom stereocenters. The average Bonchev–Trinajstić information content (AvgIpc) is 2.65. The second-order valence-corrected chi connectivity index (χ2v) is 6.88. The number of aryl methyl sites for hydroxylation is 1. The molecule has 0 aliphatic heterocycles. The van der Waals surface area contributed by atoms with Crippen LogP contribution in [0, 0.1) is 6.92 Å². The van der Waals surface area contributed by atoms with E-state index in [9.17, 15) is 9.59 Å². The molecule has 0 radical (unpaired) electrons. The molecule has 0 saturated carbocycles. The van der Waals surface area contributed by atoms with E-state index in [4.69, 9.17) is 11.6 Å². The van der Waals surface area contributed by atoms with Gasteiger partial charge in [0.1, 0.15) is 10.7 Å². The predicted molar refractivity (Wildman–Crippen MR) is 106 cm³/mol. The van der Waals surface area contributed by atoms with Gasteiger partial charge in [-0.3, -0.25) is 9.59 Å². The Hall–Kier alpha value is -2.92. The van der Waals surface area contributed by atoms with E-state index in [1.807, 2.05) is 31.2 Å². The molecule has 6 heteroatoms. The minimum Gasteiger partial charge on any atom is -0.337 e. The molecule has 2 aromatic heterocycles. The predicted octanol–water partition coefficient (Wildman–Crippen LogP) is 3.53. The number of benzene rings is 1. The Labute approximate surface area is 162 Å². The summed E-state index contributed by atoms with van der Waals surface area (Å²) in [4.78, 5) is 31.1. The third kappa shape index (κ3) is 4.63. The molecule has 3 rings (SSSR count). The molecule has 27 heavy (non-hydrogen) atoms. The van der Waals surface area contributed by atoms with Gasteiger partial charge in [0, 0.05) is 26.0 Å². The minimum absolute atomic E-state index is 0.148. The highest BCUT2D eigenvalue weighted by atomic mass is 35.5. The van der Waals surface area contributed by atoms with E-state index < -0.39 is 0 Å². The van der Waals surface area contributed by atoms with Gasteiger partial charge in [-0.25, -0.2) is 4.98 Å². The molecule has 0 bridgehead atoms. The zero-order valence-electron chi connectivity index (χ0n) is 15.2. The van der Waals surface area contributed by atoms with Crippen LogP contribution in [0.3, 0.4) is 0 Å². The highest BCUT2D eigenvalue weighted by Gasteiger charge is 2.17. The fourth-order valence-electron chi connectivity index (χ4n) is 2.88. The van der Waals surface area contributed by atoms with Crippen molar-refractivity contribution in [3.05, 3.63) is 98.7 Å². The standard InChI is InChI=1S/C21H20ClN3O2/c1-15-5-3-6-16(11-15)14-25-10-4-7-18(21(25)27)20(26)24(2)13-17-8-9-19(22)23-12-17/h3-12H,13-14H2,1-2H3. The highest BCUT2D eigenvalue weighted by Crippen LogP contribution is 2.10. The smallest absolute Gasteiger partial charge is 0.263 e. The molecule has 0 N–H and O–H groups in total. The zero-order valence-corrected chi connectivity index (χ0v) is 16.0. The first kappa shape index (κ1) is 18.9. The van der Waals surface area contributed by atoms with Crippen LogP contribution in [0.15, 0.2) is 65.7 Å². The molecule has 0 aliphatic rings. The monoisotopic (exact) mass is 381 g/mol. The van der Waals surface area contributed by atoms with Crippen LogP contribution in [-0.2, 0) is 13.1 Å². The van der Waals surface area contributed by atoms with Crippen LogP contribution in [0.4, 0.5) is 0 Å². The van der Waals surface area contributed by atoms with Gasteiger partial charge in [0.05, 0.1) is 6.54 Å². The van der Waals surface area contributed by atoms with E-state index in [0.29, 0.717) is 18.2 Å². The highest BCUT2D eigenvalue weighted by molar-refractivity contribution is 6.29. The number of rotatable bonds is 5. The molecule has 138 valence electrons. The van der Waals surface area contributed by atoms with Gasteiger partial charge in [0.25, 0.3) is 11.5 Å². The van der Waals surface area contributed by atoms with Gasteiger partial charge in [0.2, 0.25) is 0 Å². The normalized spacial score (nSPS) is 10.6. The van der Waals surface area contributed by atoms with Crippen molar-refractivity contribution in [3.63, 3.8) is 0 Å². The first-order valence-corrected chi connectivity index (χ1v) is 8.93. The number of nitrogens with zero attached hydrogens (tertiary/aromatic N) is 3. The van der Waals surface area contributed by atoms with Crippen LogP contribution in [0.2, 0.25) is 5.15 Å². The van der Waals surface area contributed by atoms with Gasteiger partial charge in [0.15, 0.2) is 0 Å². The number of hydrogen-bond acceptors (Lipinski definition) is 3. The maximum atomic E-state index is 12.8. The summed E-state index contributed by atoms with van der Waals surface area (Å²) in [6.45, 7) is 2.77. The summed E-state index contributed by atoms with van der Waals surface area (Å²) >= 11 is 5.79. The van der Waals surface area contributed by atoms with Gasteiger partial charge in [-0.05, 0) is 36.2 Å². The van der Waals surface area contributed by atoms with E-state index in [2.05, 4.69) is 4.98 Å². The van der Waals surface area contributed by atoms with Gasteiger partial charge in [-0.1, -0.05) is 47.5 Å². The van der Waals surface area contributed by atoms with Crippen molar-refractivity contribution in [2.24, 2.45) is 0 Å². The van der Waals surface area contributed by atoms with Crippen molar-refractivity contribution in [2.45, 2.75) is 20.0 Å². The van der Waals surface area contributed by atoms with Gasteiger partial charge in [-0.2, -0.15) is 0 Å². The number of hydrogen-bond donors (Lipinski definition) is 0. The molecule has 2 heterocycles. The van der Waals surface area contributed by atoms with Crippen molar-refractivity contribution in [1.29, 1.82) is 0 Å². The number of aromatic nitrogens is 2. The molecule has 1 amide bonds. The van der Waals surface area contributed by atoms with Gasteiger partial charge < -0.3 is 9.47 Å². The van der Waals surface area contributed by atoms with Crippen LogP contribution in [0.1, 0.15) is 27.0 Å². The van der Waals surface area contributed by atoms with Crippen molar-refractivity contribution in [1.82, 2.24) is 14.5 Å². The first-order chi connectivity index (χ1) is 12.9. The maximum absolute atomic E-state index is 12.8. The van der Waals surface area contributed by atoms with Crippen molar-refractivity contribution < 1.29 is 4.79 Å². The molecule has 0 fully saturated rings. The summed E-state index contributed by atoms with van der Waals surface area (Å²) in [7, 11) is 1.66. The Bertz CT molecular complexity index is 1010. The van der Waals surface area contributed by atoms with E-state index in [0.717, 1.165) is 16.7 Å². The minimum atomic E-state index is -0.325. The SMILES string of the molecule is Cc1cccc(Cn2cccc(C(=O)N(C)Cc3ccc(Cl)nc3)c2=O)c1. The second-order valence-electron chi connectivity index (χ2n) is 6.49.